The molecule has 0 bridgehead atoms. The quantitative estimate of drug-likeness (QED) is 0.943. The first-order valence-corrected chi connectivity index (χ1v) is 7.59. The zero-order valence-corrected chi connectivity index (χ0v) is 11.9. The minimum absolute atomic E-state index is 0.0434. The number of anilines is 1. The van der Waals surface area contributed by atoms with Crippen LogP contribution in [0.2, 0.25) is 5.02 Å². The minimum atomic E-state index is -3.66. The van der Waals surface area contributed by atoms with E-state index in [0.717, 1.165) is 12.0 Å². The van der Waals surface area contributed by atoms with E-state index in [-0.39, 0.29) is 9.92 Å². The SMILES string of the molecule is CCc1cccc(NS(=O)(=O)c2cncc(Cl)c2)c1. The molecule has 0 unspecified atom stereocenters. The van der Waals surface area contributed by atoms with Crippen LogP contribution in [-0.4, -0.2) is 13.4 Å². The van der Waals surface area contributed by atoms with Crippen molar-refractivity contribution in [1.29, 1.82) is 0 Å². The van der Waals surface area contributed by atoms with Gasteiger partial charge in [-0.2, -0.15) is 0 Å². The second-order valence-electron chi connectivity index (χ2n) is 4.00. The molecule has 0 radical (unpaired) electrons. The van der Waals surface area contributed by atoms with E-state index in [2.05, 4.69) is 9.71 Å². The van der Waals surface area contributed by atoms with E-state index in [1.54, 1.807) is 12.1 Å². The summed E-state index contributed by atoms with van der Waals surface area (Å²) in [7, 11) is -3.66. The van der Waals surface area contributed by atoms with Crippen molar-refractivity contribution in [3.05, 3.63) is 53.3 Å². The number of benzene rings is 1. The van der Waals surface area contributed by atoms with E-state index in [1.165, 1.54) is 18.5 Å². The van der Waals surface area contributed by atoms with Crippen molar-refractivity contribution in [2.45, 2.75) is 18.2 Å². The molecule has 0 saturated carbocycles. The molecule has 0 fully saturated rings. The van der Waals surface area contributed by atoms with Gasteiger partial charge < -0.3 is 0 Å². The zero-order valence-electron chi connectivity index (χ0n) is 10.3. The molecule has 0 atom stereocenters. The largest absolute Gasteiger partial charge is 0.280 e. The molecule has 19 heavy (non-hydrogen) atoms. The Hall–Kier alpha value is -1.59. The maximum atomic E-state index is 12.1. The van der Waals surface area contributed by atoms with Gasteiger partial charge in [0.25, 0.3) is 10.0 Å². The summed E-state index contributed by atoms with van der Waals surface area (Å²) in [5, 5.41) is 0.283. The maximum Gasteiger partial charge on any atom is 0.263 e. The number of aromatic nitrogens is 1. The number of pyridine rings is 1. The van der Waals surface area contributed by atoms with Gasteiger partial charge in [0.2, 0.25) is 0 Å². The fourth-order valence-corrected chi connectivity index (χ4v) is 2.88. The van der Waals surface area contributed by atoms with Gasteiger partial charge in [0.05, 0.1) is 5.02 Å². The number of nitrogens with zero attached hydrogens (tertiary/aromatic N) is 1. The van der Waals surface area contributed by atoms with Gasteiger partial charge in [-0.25, -0.2) is 8.42 Å². The summed E-state index contributed by atoms with van der Waals surface area (Å²) in [5.74, 6) is 0. The first kappa shape index (κ1) is 13.8. The summed E-state index contributed by atoms with van der Waals surface area (Å²) >= 11 is 5.75. The Morgan fingerprint density at radius 2 is 2.05 bits per heavy atom. The topological polar surface area (TPSA) is 59.1 Å². The highest BCUT2D eigenvalue weighted by molar-refractivity contribution is 7.92. The van der Waals surface area contributed by atoms with Crippen molar-refractivity contribution in [2.24, 2.45) is 0 Å². The van der Waals surface area contributed by atoms with Gasteiger partial charge in [-0.05, 0) is 30.2 Å². The molecule has 1 N–H and O–H groups in total. The van der Waals surface area contributed by atoms with Crippen molar-refractivity contribution in [2.75, 3.05) is 4.72 Å². The molecule has 1 aromatic carbocycles. The Morgan fingerprint density at radius 1 is 1.26 bits per heavy atom. The average molecular weight is 297 g/mol. The summed E-state index contributed by atoms with van der Waals surface area (Å²) in [4.78, 5) is 3.82. The molecule has 6 heteroatoms. The third-order valence-corrected chi connectivity index (χ3v) is 4.13. The van der Waals surface area contributed by atoms with Gasteiger partial charge >= 0.3 is 0 Å². The average Bonchev–Trinajstić information content (AvgIpc) is 2.38. The standard InChI is InChI=1S/C13H13ClN2O2S/c1-2-10-4-3-5-12(6-10)16-19(17,18)13-7-11(14)8-15-9-13/h3-9,16H,2H2,1H3. The van der Waals surface area contributed by atoms with E-state index < -0.39 is 10.0 Å². The predicted molar refractivity (Wildman–Crippen MR) is 75.9 cm³/mol. The van der Waals surface area contributed by atoms with Crippen LogP contribution in [0.15, 0.2) is 47.6 Å². The van der Waals surface area contributed by atoms with Crippen LogP contribution >= 0.6 is 11.6 Å². The van der Waals surface area contributed by atoms with Crippen LogP contribution in [0, 0.1) is 0 Å². The molecule has 0 aliphatic rings. The molecule has 0 aliphatic carbocycles. The summed E-state index contributed by atoms with van der Waals surface area (Å²) in [6.07, 6.45) is 3.49. The van der Waals surface area contributed by atoms with Gasteiger partial charge in [-0.15, -0.1) is 0 Å². The number of aryl methyl sites for hydroxylation is 1. The minimum Gasteiger partial charge on any atom is -0.280 e. The Bertz CT molecular complexity index is 687. The lowest BCUT2D eigenvalue weighted by Crippen LogP contribution is -2.13. The van der Waals surface area contributed by atoms with Gasteiger partial charge in [0, 0.05) is 18.1 Å². The van der Waals surface area contributed by atoms with E-state index in [4.69, 9.17) is 11.6 Å². The lowest BCUT2D eigenvalue weighted by atomic mass is 10.1. The van der Waals surface area contributed by atoms with Crippen LogP contribution in [0.25, 0.3) is 0 Å². The highest BCUT2D eigenvalue weighted by Gasteiger charge is 2.15. The van der Waals surface area contributed by atoms with Crippen molar-refractivity contribution >= 4 is 27.3 Å². The van der Waals surface area contributed by atoms with Gasteiger partial charge in [-0.3, -0.25) is 9.71 Å². The lowest BCUT2D eigenvalue weighted by Gasteiger charge is -2.09. The molecule has 100 valence electrons. The zero-order chi connectivity index (χ0) is 13.9. The molecule has 2 aromatic rings. The first-order chi connectivity index (χ1) is 9.01. The first-order valence-electron chi connectivity index (χ1n) is 5.73. The molecular formula is C13H13ClN2O2S. The number of hydrogen-bond donors (Lipinski definition) is 1. The van der Waals surface area contributed by atoms with Crippen molar-refractivity contribution in [3.63, 3.8) is 0 Å². The highest BCUT2D eigenvalue weighted by atomic mass is 35.5. The number of sulfonamides is 1. The molecule has 2 rings (SSSR count). The molecule has 0 spiro atoms. The molecule has 0 saturated heterocycles. The van der Waals surface area contributed by atoms with E-state index in [9.17, 15) is 8.42 Å². The maximum absolute atomic E-state index is 12.1. The molecule has 1 aromatic heterocycles. The molecule has 4 nitrogen and oxygen atoms in total. The second kappa shape index (κ2) is 5.59. The summed E-state index contributed by atoms with van der Waals surface area (Å²) < 4.78 is 26.8. The smallest absolute Gasteiger partial charge is 0.263 e. The molecule has 0 amide bonds. The normalized spacial score (nSPS) is 11.3. The third-order valence-electron chi connectivity index (χ3n) is 2.58. The van der Waals surface area contributed by atoms with Crippen LogP contribution in [0.5, 0.6) is 0 Å². The Balaban J connectivity index is 2.31. The highest BCUT2D eigenvalue weighted by Crippen LogP contribution is 2.19. The lowest BCUT2D eigenvalue weighted by molar-refractivity contribution is 0.601. The molecule has 1 heterocycles. The van der Waals surface area contributed by atoms with Crippen LogP contribution < -0.4 is 4.72 Å². The van der Waals surface area contributed by atoms with Crippen LogP contribution in [0.4, 0.5) is 5.69 Å². The van der Waals surface area contributed by atoms with Crippen molar-refractivity contribution in [1.82, 2.24) is 4.98 Å². The van der Waals surface area contributed by atoms with E-state index in [1.807, 2.05) is 19.1 Å². The summed E-state index contributed by atoms with van der Waals surface area (Å²) in [6, 6.07) is 8.62. The Kier molecular flexibility index (Phi) is 4.07. The van der Waals surface area contributed by atoms with E-state index in [0.29, 0.717) is 5.69 Å². The fraction of sp³-hybridized carbons (Fsp3) is 0.154. The van der Waals surface area contributed by atoms with Gasteiger partial charge in [-0.1, -0.05) is 30.7 Å². The molecule has 0 aliphatic heterocycles. The number of nitrogens with one attached hydrogen (secondary N) is 1. The fourth-order valence-electron chi connectivity index (χ4n) is 1.61. The van der Waals surface area contributed by atoms with Crippen LogP contribution in [0.1, 0.15) is 12.5 Å². The number of halogens is 1. The van der Waals surface area contributed by atoms with E-state index >= 15 is 0 Å². The number of hydrogen-bond acceptors (Lipinski definition) is 3. The van der Waals surface area contributed by atoms with Crippen molar-refractivity contribution in [3.8, 4) is 0 Å². The van der Waals surface area contributed by atoms with Crippen LogP contribution in [0.3, 0.4) is 0 Å². The Morgan fingerprint density at radius 3 is 2.74 bits per heavy atom. The number of rotatable bonds is 4. The summed E-state index contributed by atoms with van der Waals surface area (Å²) in [6.45, 7) is 2.01. The van der Waals surface area contributed by atoms with Gasteiger partial charge in [0.15, 0.2) is 0 Å². The monoisotopic (exact) mass is 296 g/mol. The third kappa shape index (κ3) is 3.45. The Labute approximate surface area is 117 Å². The van der Waals surface area contributed by atoms with Gasteiger partial charge in [0.1, 0.15) is 4.90 Å². The van der Waals surface area contributed by atoms with Crippen molar-refractivity contribution < 1.29 is 8.42 Å². The summed E-state index contributed by atoms with van der Waals surface area (Å²) in [5.41, 5.74) is 1.59. The second-order valence-corrected chi connectivity index (χ2v) is 6.12. The molecular weight excluding hydrogens is 284 g/mol. The predicted octanol–water partition coefficient (Wildman–Crippen LogP) is 3.10. The van der Waals surface area contributed by atoms with Crippen LogP contribution in [-0.2, 0) is 16.4 Å².